The first-order valence-electron chi connectivity index (χ1n) is 4.89. The predicted octanol–water partition coefficient (Wildman–Crippen LogP) is 2.73. The average molecular weight is 235 g/mol. The van der Waals surface area contributed by atoms with E-state index in [1.54, 1.807) is 13.2 Å². The van der Waals surface area contributed by atoms with Crippen molar-refractivity contribution in [3.8, 4) is 5.88 Å². The third-order valence-electron chi connectivity index (χ3n) is 2.23. The van der Waals surface area contributed by atoms with Gasteiger partial charge in [-0.1, -0.05) is 29.8 Å². The average Bonchev–Trinajstić information content (AvgIpc) is 2.33. The second-order valence-corrected chi connectivity index (χ2v) is 3.74. The van der Waals surface area contributed by atoms with Gasteiger partial charge >= 0.3 is 0 Å². The summed E-state index contributed by atoms with van der Waals surface area (Å²) in [7, 11) is 1.57. The molecule has 2 rings (SSSR count). The number of nitrogens with zero attached hydrogens (tertiary/aromatic N) is 2. The van der Waals surface area contributed by atoms with Gasteiger partial charge in [0.05, 0.1) is 12.8 Å². The minimum atomic E-state index is 0.517. The Labute approximate surface area is 99.0 Å². The molecule has 0 amide bonds. The lowest BCUT2D eigenvalue weighted by atomic mass is 10.1. The number of rotatable bonds is 3. The van der Waals surface area contributed by atoms with Gasteiger partial charge in [0, 0.05) is 17.5 Å². The van der Waals surface area contributed by atoms with Crippen LogP contribution < -0.4 is 4.74 Å². The molecule has 0 atom stereocenters. The summed E-state index contributed by atoms with van der Waals surface area (Å²) in [6.45, 7) is 0. The van der Waals surface area contributed by atoms with Crippen LogP contribution in [0.15, 0.2) is 36.4 Å². The maximum absolute atomic E-state index is 6.06. The van der Waals surface area contributed by atoms with Gasteiger partial charge in [-0.2, -0.15) is 5.10 Å². The standard InChI is InChI=1S/C12H11ClN2O/c1-16-12-7-6-10(14-15-12)8-9-4-2-3-5-11(9)13/h2-7H,8H2,1H3. The van der Waals surface area contributed by atoms with Crippen molar-refractivity contribution < 1.29 is 4.74 Å². The Morgan fingerprint density at radius 1 is 1.12 bits per heavy atom. The molecule has 1 aromatic carbocycles. The molecule has 0 fully saturated rings. The molecule has 82 valence electrons. The van der Waals surface area contributed by atoms with Crippen molar-refractivity contribution in [1.82, 2.24) is 10.2 Å². The summed E-state index contributed by atoms with van der Waals surface area (Å²) in [5, 5.41) is 8.71. The lowest BCUT2D eigenvalue weighted by molar-refractivity contribution is 0.391. The van der Waals surface area contributed by atoms with Crippen LogP contribution >= 0.6 is 11.6 Å². The van der Waals surface area contributed by atoms with Crippen LogP contribution in [0, 0.1) is 0 Å². The first-order chi connectivity index (χ1) is 7.79. The molecule has 0 N–H and O–H groups in total. The van der Waals surface area contributed by atoms with Crippen LogP contribution in [-0.2, 0) is 6.42 Å². The van der Waals surface area contributed by atoms with Crippen LogP contribution in [0.25, 0.3) is 0 Å². The third-order valence-corrected chi connectivity index (χ3v) is 2.60. The van der Waals surface area contributed by atoms with Crippen LogP contribution in [-0.4, -0.2) is 17.3 Å². The quantitative estimate of drug-likeness (QED) is 0.819. The smallest absolute Gasteiger partial charge is 0.233 e. The zero-order valence-electron chi connectivity index (χ0n) is 8.85. The Morgan fingerprint density at radius 3 is 2.56 bits per heavy atom. The first-order valence-corrected chi connectivity index (χ1v) is 5.27. The zero-order chi connectivity index (χ0) is 11.4. The Balaban J connectivity index is 2.18. The SMILES string of the molecule is COc1ccc(Cc2ccccc2Cl)nn1. The molecule has 0 unspecified atom stereocenters. The Hall–Kier alpha value is -1.61. The third kappa shape index (κ3) is 2.49. The van der Waals surface area contributed by atoms with Crippen molar-refractivity contribution in [2.75, 3.05) is 7.11 Å². The second kappa shape index (κ2) is 4.94. The van der Waals surface area contributed by atoms with E-state index in [-0.39, 0.29) is 0 Å². The molecule has 4 heteroatoms. The number of ether oxygens (including phenoxy) is 1. The summed E-state index contributed by atoms with van der Waals surface area (Å²) in [6.07, 6.45) is 0.677. The summed E-state index contributed by atoms with van der Waals surface area (Å²) in [5.41, 5.74) is 1.91. The van der Waals surface area contributed by atoms with E-state index in [0.717, 1.165) is 16.3 Å². The van der Waals surface area contributed by atoms with Crippen molar-refractivity contribution >= 4 is 11.6 Å². The number of aromatic nitrogens is 2. The van der Waals surface area contributed by atoms with Crippen molar-refractivity contribution in [2.24, 2.45) is 0 Å². The number of methoxy groups -OCH3 is 1. The molecule has 0 saturated heterocycles. The summed E-state index contributed by atoms with van der Waals surface area (Å²) in [4.78, 5) is 0. The number of hydrogen-bond donors (Lipinski definition) is 0. The van der Waals surface area contributed by atoms with E-state index in [4.69, 9.17) is 16.3 Å². The van der Waals surface area contributed by atoms with Gasteiger partial charge in [-0.25, -0.2) is 0 Å². The van der Waals surface area contributed by atoms with E-state index in [1.165, 1.54) is 0 Å². The number of hydrogen-bond acceptors (Lipinski definition) is 3. The fraction of sp³-hybridized carbons (Fsp3) is 0.167. The summed E-state index contributed by atoms with van der Waals surface area (Å²) >= 11 is 6.06. The fourth-order valence-corrected chi connectivity index (χ4v) is 1.59. The van der Waals surface area contributed by atoms with Gasteiger partial charge in [-0.05, 0) is 17.7 Å². The number of halogens is 1. The minimum Gasteiger partial charge on any atom is -0.480 e. The van der Waals surface area contributed by atoms with Crippen LogP contribution in [0.2, 0.25) is 5.02 Å². The Bertz CT molecular complexity index is 471. The van der Waals surface area contributed by atoms with Crippen LogP contribution in [0.1, 0.15) is 11.3 Å². The monoisotopic (exact) mass is 234 g/mol. The molecular formula is C12H11ClN2O. The molecule has 0 radical (unpaired) electrons. The van der Waals surface area contributed by atoms with E-state index in [0.29, 0.717) is 12.3 Å². The molecule has 0 saturated carbocycles. The number of benzene rings is 1. The van der Waals surface area contributed by atoms with Crippen molar-refractivity contribution in [3.63, 3.8) is 0 Å². The molecular weight excluding hydrogens is 224 g/mol. The van der Waals surface area contributed by atoms with E-state index >= 15 is 0 Å². The van der Waals surface area contributed by atoms with Gasteiger partial charge in [0.1, 0.15) is 0 Å². The minimum absolute atomic E-state index is 0.517. The molecule has 1 aromatic heterocycles. The van der Waals surface area contributed by atoms with Gasteiger partial charge in [-0.15, -0.1) is 5.10 Å². The van der Waals surface area contributed by atoms with E-state index in [9.17, 15) is 0 Å². The lowest BCUT2D eigenvalue weighted by Crippen LogP contribution is -1.97. The van der Waals surface area contributed by atoms with E-state index in [1.807, 2.05) is 30.3 Å². The summed E-state index contributed by atoms with van der Waals surface area (Å²) in [5.74, 6) is 0.517. The van der Waals surface area contributed by atoms with Gasteiger partial charge in [0.25, 0.3) is 0 Å². The van der Waals surface area contributed by atoms with Gasteiger partial charge < -0.3 is 4.74 Å². The highest BCUT2D eigenvalue weighted by Crippen LogP contribution is 2.18. The van der Waals surface area contributed by atoms with E-state index < -0.39 is 0 Å². The van der Waals surface area contributed by atoms with Crippen molar-refractivity contribution in [3.05, 3.63) is 52.7 Å². The van der Waals surface area contributed by atoms with Crippen molar-refractivity contribution in [2.45, 2.75) is 6.42 Å². The van der Waals surface area contributed by atoms with Crippen LogP contribution in [0.4, 0.5) is 0 Å². The highest BCUT2D eigenvalue weighted by Gasteiger charge is 2.02. The molecule has 0 aliphatic carbocycles. The second-order valence-electron chi connectivity index (χ2n) is 3.34. The molecule has 0 spiro atoms. The Morgan fingerprint density at radius 2 is 1.94 bits per heavy atom. The fourth-order valence-electron chi connectivity index (χ4n) is 1.39. The predicted molar refractivity (Wildman–Crippen MR) is 62.8 cm³/mol. The molecule has 0 aliphatic rings. The molecule has 1 heterocycles. The topological polar surface area (TPSA) is 35.0 Å². The molecule has 2 aromatic rings. The van der Waals surface area contributed by atoms with Gasteiger partial charge in [-0.3, -0.25) is 0 Å². The van der Waals surface area contributed by atoms with Crippen LogP contribution in [0.5, 0.6) is 5.88 Å². The first kappa shape index (κ1) is 10.9. The Kier molecular flexibility index (Phi) is 3.37. The maximum atomic E-state index is 6.06. The largest absolute Gasteiger partial charge is 0.480 e. The maximum Gasteiger partial charge on any atom is 0.233 e. The molecule has 0 bridgehead atoms. The molecule has 0 aliphatic heterocycles. The molecule has 16 heavy (non-hydrogen) atoms. The normalized spacial score (nSPS) is 10.1. The van der Waals surface area contributed by atoms with Gasteiger partial charge in [0.15, 0.2) is 0 Å². The van der Waals surface area contributed by atoms with Crippen LogP contribution in [0.3, 0.4) is 0 Å². The summed E-state index contributed by atoms with van der Waals surface area (Å²) in [6, 6.07) is 11.4. The highest BCUT2D eigenvalue weighted by molar-refractivity contribution is 6.31. The van der Waals surface area contributed by atoms with Gasteiger partial charge in [0.2, 0.25) is 5.88 Å². The molecule has 3 nitrogen and oxygen atoms in total. The lowest BCUT2D eigenvalue weighted by Gasteiger charge is -2.03. The summed E-state index contributed by atoms with van der Waals surface area (Å²) < 4.78 is 4.94. The highest BCUT2D eigenvalue weighted by atomic mass is 35.5. The van der Waals surface area contributed by atoms with E-state index in [2.05, 4.69) is 10.2 Å². The zero-order valence-corrected chi connectivity index (χ0v) is 9.61. The van der Waals surface area contributed by atoms with Crippen molar-refractivity contribution in [1.29, 1.82) is 0 Å².